The van der Waals surface area contributed by atoms with E-state index < -0.39 is 0 Å². The van der Waals surface area contributed by atoms with Gasteiger partial charge < -0.3 is 9.80 Å². The van der Waals surface area contributed by atoms with Crippen molar-refractivity contribution in [2.45, 2.75) is 19.5 Å². The molecule has 0 spiro atoms. The number of hydrogen-bond acceptors (Lipinski definition) is 2. The van der Waals surface area contributed by atoms with Gasteiger partial charge in [-0.25, -0.2) is 4.39 Å². The van der Waals surface area contributed by atoms with Crippen LogP contribution >= 0.6 is 0 Å². The summed E-state index contributed by atoms with van der Waals surface area (Å²) < 4.78 is 13.3. The second-order valence-electron chi connectivity index (χ2n) is 6.49. The van der Waals surface area contributed by atoms with Gasteiger partial charge >= 0.3 is 0 Å². The van der Waals surface area contributed by atoms with Crippen LogP contribution in [0, 0.1) is 11.7 Å². The Morgan fingerprint density at radius 2 is 1.88 bits per heavy atom. The zero-order valence-corrected chi connectivity index (χ0v) is 14.2. The monoisotopic (exact) mass is 340 g/mol. The summed E-state index contributed by atoms with van der Waals surface area (Å²) in [4.78, 5) is 28.2. The van der Waals surface area contributed by atoms with Gasteiger partial charge in [-0.1, -0.05) is 42.5 Å². The minimum atomic E-state index is -0.338. The van der Waals surface area contributed by atoms with Crippen molar-refractivity contribution in [3.8, 4) is 0 Å². The minimum absolute atomic E-state index is 0.00126. The van der Waals surface area contributed by atoms with Gasteiger partial charge in [0.25, 0.3) is 0 Å². The van der Waals surface area contributed by atoms with Crippen LogP contribution in [0.4, 0.5) is 4.39 Å². The molecule has 25 heavy (non-hydrogen) atoms. The van der Waals surface area contributed by atoms with E-state index in [2.05, 4.69) is 0 Å². The number of benzene rings is 2. The first-order chi connectivity index (χ1) is 12.0. The third-order valence-corrected chi connectivity index (χ3v) is 4.46. The summed E-state index contributed by atoms with van der Waals surface area (Å²) in [6.07, 6.45) is 0.235. The van der Waals surface area contributed by atoms with E-state index in [1.54, 1.807) is 29.0 Å². The van der Waals surface area contributed by atoms with Gasteiger partial charge in [-0.15, -0.1) is 0 Å². The number of carbonyl (C=O) groups is 2. The quantitative estimate of drug-likeness (QED) is 0.840. The summed E-state index contributed by atoms with van der Waals surface area (Å²) in [6, 6.07) is 16.0. The van der Waals surface area contributed by atoms with Crippen molar-refractivity contribution in [3.05, 3.63) is 71.5 Å². The maximum Gasteiger partial charge on any atom is 0.228 e. The minimum Gasteiger partial charge on any atom is -0.341 e. The molecule has 0 saturated carbocycles. The Hall–Kier alpha value is -2.69. The standard InChI is InChI=1S/C20H21FN2O2/c1-22(12-16-8-5-9-18(21)10-16)20(25)17-11-19(24)23(14-17)13-15-6-3-2-4-7-15/h2-10,17H,11-14H2,1H3. The van der Waals surface area contributed by atoms with E-state index in [-0.39, 0.29) is 30.0 Å². The van der Waals surface area contributed by atoms with E-state index in [1.807, 2.05) is 30.3 Å². The Balaban J connectivity index is 1.60. The highest BCUT2D eigenvalue weighted by Crippen LogP contribution is 2.22. The van der Waals surface area contributed by atoms with Crippen molar-refractivity contribution in [1.82, 2.24) is 9.80 Å². The smallest absolute Gasteiger partial charge is 0.228 e. The molecule has 4 nitrogen and oxygen atoms in total. The molecule has 130 valence electrons. The van der Waals surface area contributed by atoms with Crippen LogP contribution in [0.1, 0.15) is 17.5 Å². The fourth-order valence-corrected chi connectivity index (χ4v) is 3.19. The Kier molecular flexibility index (Phi) is 5.12. The molecule has 0 aliphatic carbocycles. The van der Waals surface area contributed by atoms with E-state index in [1.165, 1.54) is 12.1 Å². The Morgan fingerprint density at radius 1 is 1.16 bits per heavy atom. The molecular formula is C20H21FN2O2. The average Bonchev–Trinajstić information content (AvgIpc) is 2.96. The predicted octanol–water partition coefficient (Wildman–Crippen LogP) is 2.83. The van der Waals surface area contributed by atoms with Crippen molar-refractivity contribution in [2.24, 2.45) is 5.92 Å². The van der Waals surface area contributed by atoms with E-state index in [0.717, 1.165) is 11.1 Å². The Labute approximate surface area is 146 Å². The summed E-state index contributed by atoms with van der Waals surface area (Å²) in [5, 5.41) is 0. The number of hydrogen-bond donors (Lipinski definition) is 0. The van der Waals surface area contributed by atoms with Gasteiger partial charge in [0.05, 0.1) is 5.92 Å². The van der Waals surface area contributed by atoms with Crippen molar-refractivity contribution < 1.29 is 14.0 Å². The first kappa shape index (κ1) is 17.1. The van der Waals surface area contributed by atoms with E-state index >= 15 is 0 Å². The van der Waals surface area contributed by atoms with Gasteiger partial charge in [-0.2, -0.15) is 0 Å². The summed E-state index contributed by atoms with van der Waals surface area (Å²) >= 11 is 0. The van der Waals surface area contributed by atoms with Crippen molar-refractivity contribution in [1.29, 1.82) is 0 Å². The lowest BCUT2D eigenvalue weighted by atomic mass is 10.1. The first-order valence-corrected chi connectivity index (χ1v) is 8.34. The number of nitrogens with zero attached hydrogens (tertiary/aromatic N) is 2. The average molecular weight is 340 g/mol. The molecule has 1 aliphatic heterocycles. The van der Waals surface area contributed by atoms with Crippen LogP contribution in [-0.2, 0) is 22.7 Å². The molecule has 1 heterocycles. The molecule has 1 unspecified atom stereocenters. The molecule has 2 aromatic rings. The van der Waals surface area contributed by atoms with Crippen LogP contribution in [0.25, 0.3) is 0 Å². The Morgan fingerprint density at radius 3 is 2.60 bits per heavy atom. The van der Waals surface area contributed by atoms with Crippen molar-refractivity contribution >= 4 is 11.8 Å². The Bertz CT molecular complexity index is 763. The lowest BCUT2D eigenvalue weighted by Gasteiger charge is -2.21. The number of halogens is 1. The molecule has 5 heteroatoms. The molecule has 0 radical (unpaired) electrons. The van der Waals surface area contributed by atoms with Gasteiger partial charge in [0, 0.05) is 33.1 Å². The lowest BCUT2D eigenvalue weighted by Crippen LogP contribution is -2.34. The largest absolute Gasteiger partial charge is 0.341 e. The molecule has 2 aromatic carbocycles. The molecule has 0 aromatic heterocycles. The van der Waals surface area contributed by atoms with Crippen molar-refractivity contribution in [2.75, 3.05) is 13.6 Å². The second kappa shape index (κ2) is 7.47. The lowest BCUT2D eigenvalue weighted by molar-refractivity contribution is -0.135. The van der Waals surface area contributed by atoms with Crippen LogP contribution in [0.2, 0.25) is 0 Å². The van der Waals surface area contributed by atoms with Gasteiger partial charge in [0.15, 0.2) is 0 Å². The maximum atomic E-state index is 13.3. The number of amides is 2. The normalized spacial score (nSPS) is 17.0. The first-order valence-electron chi connectivity index (χ1n) is 8.34. The van der Waals surface area contributed by atoms with E-state index in [9.17, 15) is 14.0 Å². The zero-order chi connectivity index (χ0) is 17.8. The topological polar surface area (TPSA) is 40.6 Å². The molecule has 0 N–H and O–H groups in total. The molecule has 2 amide bonds. The van der Waals surface area contributed by atoms with Crippen LogP contribution in [0.3, 0.4) is 0 Å². The number of likely N-dealkylation sites (tertiary alicyclic amines) is 1. The third-order valence-electron chi connectivity index (χ3n) is 4.46. The van der Waals surface area contributed by atoms with Gasteiger partial charge in [-0.3, -0.25) is 9.59 Å². The van der Waals surface area contributed by atoms with Crippen LogP contribution in [-0.4, -0.2) is 35.2 Å². The predicted molar refractivity (Wildman–Crippen MR) is 92.8 cm³/mol. The highest BCUT2D eigenvalue weighted by molar-refractivity contribution is 5.89. The molecule has 1 saturated heterocycles. The van der Waals surface area contributed by atoms with Crippen LogP contribution < -0.4 is 0 Å². The fourth-order valence-electron chi connectivity index (χ4n) is 3.19. The van der Waals surface area contributed by atoms with Crippen LogP contribution in [0.15, 0.2) is 54.6 Å². The van der Waals surface area contributed by atoms with E-state index in [0.29, 0.717) is 19.6 Å². The highest BCUT2D eigenvalue weighted by atomic mass is 19.1. The fraction of sp³-hybridized carbons (Fsp3) is 0.300. The molecule has 0 bridgehead atoms. The molecule has 1 atom stereocenters. The molecule has 1 aliphatic rings. The highest BCUT2D eigenvalue weighted by Gasteiger charge is 2.35. The molecule has 1 fully saturated rings. The third kappa shape index (κ3) is 4.24. The van der Waals surface area contributed by atoms with Gasteiger partial charge in [-0.05, 0) is 23.3 Å². The van der Waals surface area contributed by atoms with Crippen LogP contribution in [0.5, 0.6) is 0 Å². The second-order valence-corrected chi connectivity index (χ2v) is 6.49. The summed E-state index contributed by atoms with van der Waals surface area (Å²) in [5.41, 5.74) is 1.79. The zero-order valence-electron chi connectivity index (χ0n) is 14.2. The summed E-state index contributed by atoms with van der Waals surface area (Å²) in [7, 11) is 1.69. The summed E-state index contributed by atoms with van der Waals surface area (Å²) in [6.45, 7) is 1.29. The van der Waals surface area contributed by atoms with Gasteiger partial charge in [0.2, 0.25) is 11.8 Å². The van der Waals surface area contributed by atoms with Crippen molar-refractivity contribution in [3.63, 3.8) is 0 Å². The molecule has 3 rings (SSSR count). The summed E-state index contributed by atoms with van der Waals surface area (Å²) in [5.74, 6) is -0.729. The number of rotatable bonds is 5. The van der Waals surface area contributed by atoms with E-state index in [4.69, 9.17) is 0 Å². The SMILES string of the molecule is CN(Cc1cccc(F)c1)C(=O)C1CC(=O)N(Cc2ccccc2)C1. The number of carbonyl (C=O) groups excluding carboxylic acids is 2. The maximum absolute atomic E-state index is 13.3. The molecular weight excluding hydrogens is 319 g/mol. The van der Waals surface area contributed by atoms with Gasteiger partial charge in [0.1, 0.15) is 5.82 Å².